The molecule has 0 saturated carbocycles. The van der Waals surface area contributed by atoms with Crippen LogP contribution >= 0.6 is 15.9 Å². The zero-order valence-corrected chi connectivity index (χ0v) is 10.5. The second-order valence-corrected chi connectivity index (χ2v) is 4.05. The van der Waals surface area contributed by atoms with Crippen LogP contribution in [-0.4, -0.2) is 25.7 Å². The van der Waals surface area contributed by atoms with E-state index in [1.54, 1.807) is 29.3 Å². The summed E-state index contributed by atoms with van der Waals surface area (Å²) in [6, 6.07) is 3.54. The lowest BCUT2D eigenvalue weighted by Gasteiger charge is -2.06. The van der Waals surface area contributed by atoms with Crippen molar-refractivity contribution in [3.63, 3.8) is 0 Å². The van der Waals surface area contributed by atoms with Gasteiger partial charge in [-0.2, -0.15) is 5.10 Å². The smallest absolute Gasteiger partial charge is 0.226 e. The Bertz CT molecular complexity index is 499. The van der Waals surface area contributed by atoms with E-state index in [1.807, 2.05) is 0 Å². The maximum atomic E-state index is 11.6. The van der Waals surface area contributed by atoms with Gasteiger partial charge in [0, 0.05) is 12.6 Å². The molecule has 0 aliphatic rings. The number of hydrogen-bond acceptors (Lipinski definition) is 4. The normalized spacial score (nSPS) is 10.2. The van der Waals surface area contributed by atoms with Crippen LogP contribution in [0.5, 0.6) is 0 Å². The van der Waals surface area contributed by atoms with Gasteiger partial charge >= 0.3 is 0 Å². The Labute approximate surface area is 106 Å². The van der Waals surface area contributed by atoms with Crippen molar-refractivity contribution in [2.75, 3.05) is 5.32 Å². The van der Waals surface area contributed by atoms with Crippen LogP contribution in [0, 0.1) is 0 Å². The van der Waals surface area contributed by atoms with Crippen LogP contribution in [0.4, 0.5) is 5.69 Å². The number of nitrogens with one attached hydrogen (secondary N) is 1. The van der Waals surface area contributed by atoms with Crippen LogP contribution in [0.3, 0.4) is 0 Å². The van der Waals surface area contributed by atoms with Crippen molar-refractivity contribution in [3.8, 4) is 0 Å². The van der Waals surface area contributed by atoms with Crippen LogP contribution in [0.2, 0.25) is 0 Å². The summed E-state index contributed by atoms with van der Waals surface area (Å²) in [5, 5.41) is 6.68. The van der Waals surface area contributed by atoms with Crippen molar-refractivity contribution < 1.29 is 4.79 Å². The first kappa shape index (κ1) is 11.7. The van der Waals surface area contributed by atoms with Gasteiger partial charge in [-0.25, -0.2) is 9.97 Å². The average Bonchev–Trinajstić information content (AvgIpc) is 2.82. The van der Waals surface area contributed by atoms with Crippen molar-refractivity contribution >= 4 is 27.5 Å². The molecule has 88 valence electrons. The van der Waals surface area contributed by atoms with Crippen molar-refractivity contribution in [2.45, 2.75) is 13.0 Å². The maximum absolute atomic E-state index is 11.6. The van der Waals surface area contributed by atoms with E-state index < -0.39 is 0 Å². The van der Waals surface area contributed by atoms with E-state index in [4.69, 9.17) is 0 Å². The highest BCUT2D eigenvalue weighted by Gasteiger charge is 2.05. The Balaban J connectivity index is 1.87. The first-order valence-electron chi connectivity index (χ1n) is 4.98. The Morgan fingerprint density at radius 1 is 1.53 bits per heavy atom. The molecule has 0 unspecified atom stereocenters. The van der Waals surface area contributed by atoms with Gasteiger partial charge < -0.3 is 5.32 Å². The van der Waals surface area contributed by atoms with Gasteiger partial charge in [0.25, 0.3) is 0 Å². The molecule has 0 atom stereocenters. The third-order valence-electron chi connectivity index (χ3n) is 2.07. The number of amides is 1. The predicted molar refractivity (Wildman–Crippen MR) is 65.2 cm³/mol. The Morgan fingerprint density at radius 2 is 2.41 bits per heavy atom. The molecule has 0 bridgehead atoms. The summed E-state index contributed by atoms with van der Waals surface area (Å²) in [6.45, 7) is 0.504. The third-order valence-corrected chi connectivity index (χ3v) is 2.70. The monoisotopic (exact) mass is 295 g/mol. The van der Waals surface area contributed by atoms with Gasteiger partial charge in [-0.05, 0) is 28.1 Å². The van der Waals surface area contributed by atoms with Crippen LogP contribution in [0.15, 0.2) is 35.6 Å². The largest absolute Gasteiger partial charge is 0.324 e. The van der Waals surface area contributed by atoms with Crippen LogP contribution in [-0.2, 0) is 11.3 Å². The highest BCUT2D eigenvalue weighted by atomic mass is 79.9. The highest BCUT2D eigenvalue weighted by Crippen LogP contribution is 2.18. The summed E-state index contributed by atoms with van der Waals surface area (Å²) in [7, 11) is 0. The zero-order valence-electron chi connectivity index (χ0n) is 8.88. The van der Waals surface area contributed by atoms with Gasteiger partial charge in [0.05, 0.1) is 12.2 Å². The standard InChI is InChI=1S/C10H10BrN5O/c11-10-8(2-1-4-13-10)15-9(17)3-5-16-7-12-6-14-16/h1-2,4,6-7H,3,5H2,(H,15,17). The summed E-state index contributed by atoms with van der Waals surface area (Å²) in [5.41, 5.74) is 0.663. The molecule has 0 aliphatic heterocycles. The summed E-state index contributed by atoms with van der Waals surface area (Å²) in [4.78, 5) is 19.5. The fourth-order valence-corrected chi connectivity index (χ4v) is 1.61. The molecule has 17 heavy (non-hydrogen) atoms. The number of anilines is 1. The van der Waals surface area contributed by atoms with Gasteiger partial charge in [0.2, 0.25) is 5.91 Å². The Hall–Kier alpha value is -1.76. The van der Waals surface area contributed by atoms with Crippen molar-refractivity contribution in [1.82, 2.24) is 19.7 Å². The van der Waals surface area contributed by atoms with Crippen molar-refractivity contribution in [1.29, 1.82) is 0 Å². The Kier molecular flexibility index (Phi) is 3.81. The number of aromatic nitrogens is 4. The lowest BCUT2D eigenvalue weighted by molar-refractivity contribution is -0.116. The molecule has 0 fully saturated rings. The molecular weight excluding hydrogens is 286 g/mol. The minimum atomic E-state index is -0.0887. The fraction of sp³-hybridized carbons (Fsp3) is 0.200. The number of rotatable bonds is 4. The number of aryl methyl sites for hydroxylation is 1. The van der Waals surface area contributed by atoms with Crippen LogP contribution in [0.1, 0.15) is 6.42 Å². The first-order valence-corrected chi connectivity index (χ1v) is 5.78. The molecule has 2 aromatic heterocycles. The van der Waals surface area contributed by atoms with Crippen molar-refractivity contribution in [3.05, 3.63) is 35.6 Å². The molecule has 7 heteroatoms. The maximum Gasteiger partial charge on any atom is 0.226 e. The van der Waals surface area contributed by atoms with E-state index in [-0.39, 0.29) is 5.91 Å². The molecular formula is C10H10BrN5O. The molecule has 1 amide bonds. The van der Waals surface area contributed by atoms with Crippen LogP contribution in [0.25, 0.3) is 0 Å². The van der Waals surface area contributed by atoms with Gasteiger partial charge in [0.15, 0.2) is 0 Å². The highest BCUT2D eigenvalue weighted by molar-refractivity contribution is 9.10. The average molecular weight is 296 g/mol. The quantitative estimate of drug-likeness (QED) is 0.867. The number of pyridine rings is 1. The zero-order chi connectivity index (χ0) is 12.1. The SMILES string of the molecule is O=C(CCn1cncn1)Nc1cccnc1Br. The van der Waals surface area contributed by atoms with Gasteiger partial charge in [-0.15, -0.1) is 0 Å². The minimum Gasteiger partial charge on any atom is -0.324 e. The van der Waals surface area contributed by atoms with E-state index in [1.165, 1.54) is 6.33 Å². The van der Waals surface area contributed by atoms with E-state index >= 15 is 0 Å². The molecule has 6 nitrogen and oxygen atoms in total. The molecule has 0 saturated heterocycles. The van der Waals surface area contributed by atoms with Gasteiger partial charge in [-0.3, -0.25) is 9.48 Å². The summed E-state index contributed by atoms with van der Waals surface area (Å²) in [6.07, 6.45) is 5.00. The summed E-state index contributed by atoms with van der Waals surface area (Å²) in [5.74, 6) is -0.0887. The second-order valence-electron chi connectivity index (χ2n) is 3.30. The van der Waals surface area contributed by atoms with Gasteiger partial charge in [-0.1, -0.05) is 0 Å². The number of carbonyl (C=O) groups excluding carboxylic acids is 1. The van der Waals surface area contributed by atoms with E-state index in [0.29, 0.717) is 23.3 Å². The number of hydrogen-bond donors (Lipinski definition) is 1. The number of carbonyl (C=O) groups is 1. The van der Waals surface area contributed by atoms with Crippen molar-refractivity contribution in [2.24, 2.45) is 0 Å². The predicted octanol–water partition coefficient (Wildman–Crippen LogP) is 1.46. The molecule has 0 aromatic carbocycles. The number of halogens is 1. The minimum absolute atomic E-state index is 0.0887. The molecule has 2 heterocycles. The molecule has 0 spiro atoms. The molecule has 1 N–H and O–H groups in total. The third kappa shape index (κ3) is 3.35. The van der Waals surface area contributed by atoms with Crippen LogP contribution < -0.4 is 5.32 Å². The summed E-state index contributed by atoms with van der Waals surface area (Å²) < 4.78 is 2.23. The second kappa shape index (κ2) is 5.53. The molecule has 0 radical (unpaired) electrons. The molecule has 2 aromatic rings. The summed E-state index contributed by atoms with van der Waals surface area (Å²) >= 11 is 3.26. The first-order chi connectivity index (χ1) is 8.25. The Morgan fingerprint density at radius 3 is 3.12 bits per heavy atom. The van der Waals surface area contributed by atoms with E-state index in [2.05, 4.69) is 36.3 Å². The number of nitrogens with zero attached hydrogens (tertiary/aromatic N) is 4. The van der Waals surface area contributed by atoms with E-state index in [0.717, 1.165) is 0 Å². The fourth-order valence-electron chi connectivity index (χ4n) is 1.26. The van der Waals surface area contributed by atoms with E-state index in [9.17, 15) is 4.79 Å². The van der Waals surface area contributed by atoms with Gasteiger partial charge in [0.1, 0.15) is 17.3 Å². The topological polar surface area (TPSA) is 72.7 Å². The lowest BCUT2D eigenvalue weighted by Crippen LogP contribution is -2.15. The molecule has 2 rings (SSSR count). The lowest BCUT2D eigenvalue weighted by atomic mass is 10.3. The molecule has 0 aliphatic carbocycles.